The van der Waals surface area contributed by atoms with Crippen molar-refractivity contribution in [1.29, 1.82) is 0 Å². The van der Waals surface area contributed by atoms with Crippen LogP contribution < -0.4 is 0 Å². The zero-order valence-electron chi connectivity index (χ0n) is 9.15. The van der Waals surface area contributed by atoms with Crippen LogP contribution in [0.1, 0.15) is 25.0 Å². The van der Waals surface area contributed by atoms with E-state index in [0.29, 0.717) is 12.0 Å². The molecule has 4 heteroatoms. The van der Waals surface area contributed by atoms with E-state index < -0.39 is 10.5 Å². The Morgan fingerprint density at radius 2 is 2.07 bits per heavy atom. The van der Waals surface area contributed by atoms with Crippen molar-refractivity contribution in [2.75, 3.05) is 0 Å². The van der Waals surface area contributed by atoms with Crippen molar-refractivity contribution in [2.24, 2.45) is 0 Å². The van der Waals surface area contributed by atoms with Gasteiger partial charge in [0.05, 0.1) is 10.5 Å². The summed E-state index contributed by atoms with van der Waals surface area (Å²) in [4.78, 5) is 10.3. The molecule has 0 spiro atoms. The van der Waals surface area contributed by atoms with Gasteiger partial charge < -0.3 is 5.11 Å². The summed E-state index contributed by atoms with van der Waals surface area (Å²) in [6.45, 7) is 5.06. The van der Waals surface area contributed by atoms with Gasteiger partial charge in [-0.1, -0.05) is 12.1 Å². The number of nitrogens with zero attached hydrogens (tertiary/aromatic N) is 1. The lowest BCUT2D eigenvalue weighted by Crippen LogP contribution is -2.21. The second-order valence-corrected chi connectivity index (χ2v) is 4.37. The summed E-state index contributed by atoms with van der Waals surface area (Å²) < 4.78 is 0. The van der Waals surface area contributed by atoms with Gasteiger partial charge in [0.15, 0.2) is 0 Å². The fourth-order valence-electron chi connectivity index (χ4n) is 1.46. The highest BCUT2D eigenvalue weighted by Gasteiger charge is 2.17. The molecule has 0 saturated carbocycles. The molecule has 0 aromatic heterocycles. The maximum absolute atomic E-state index is 10.7. The van der Waals surface area contributed by atoms with Crippen molar-refractivity contribution < 1.29 is 10.0 Å². The molecule has 0 heterocycles. The minimum absolute atomic E-state index is 0.108. The standard InChI is InChI=1S/C11H15NO3/c1-8-4-5-9(7-11(2,3)13)6-10(8)12(14)15/h4-6,13H,7H2,1-3H3. The van der Waals surface area contributed by atoms with Crippen LogP contribution in [-0.4, -0.2) is 15.6 Å². The minimum Gasteiger partial charge on any atom is -0.390 e. The fourth-order valence-corrected chi connectivity index (χ4v) is 1.46. The normalized spacial score (nSPS) is 11.5. The van der Waals surface area contributed by atoms with Crippen molar-refractivity contribution in [3.63, 3.8) is 0 Å². The molecule has 0 unspecified atom stereocenters. The van der Waals surface area contributed by atoms with Gasteiger partial charge in [0.1, 0.15) is 0 Å². The van der Waals surface area contributed by atoms with Crippen LogP contribution in [-0.2, 0) is 6.42 Å². The second kappa shape index (κ2) is 3.98. The third-order valence-electron chi connectivity index (χ3n) is 2.11. The predicted octanol–water partition coefficient (Wildman–Crippen LogP) is 2.22. The molecule has 0 aliphatic rings. The van der Waals surface area contributed by atoms with Crippen LogP contribution in [0.25, 0.3) is 0 Å². The molecule has 1 N–H and O–H groups in total. The van der Waals surface area contributed by atoms with Gasteiger partial charge >= 0.3 is 0 Å². The maximum Gasteiger partial charge on any atom is 0.272 e. The lowest BCUT2D eigenvalue weighted by Gasteiger charge is -2.16. The lowest BCUT2D eigenvalue weighted by molar-refractivity contribution is -0.385. The van der Waals surface area contributed by atoms with E-state index >= 15 is 0 Å². The first-order valence-corrected chi connectivity index (χ1v) is 4.76. The monoisotopic (exact) mass is 209 g/mol. The second-order valence-electron chi connectivity index (χ2n) is 4.37. The van der Waals surface area contributed by atoms with Crippen molar-refractivity contribution in [3.05, 3.63) is 39.4 Å². The van der Waals surface area contributed by atoms with Crippen LogP contribution in [0.15, 0.2) is 18.2 Å². The van der Waals surface area contributed by atoms with Gasteiger partial charge in [-0.2, -0.15) is 0 Å². The van der Waals surface area contributed by atoms with Gasteiger partial charge in [0, 0.05) is 18.1 Å². The molecule has 0 aliphatic carbocycles. The number of hydrogen-bond acceptors (Lipinski definition) is 3. The molecule has 1 aromatic carbocycles. The molecule has 82 valence electrons. The Labute approximate surface area is 88.7 Å². The van der Waals surface area contributed by atoms with E-state index in [4.69, 9.17) is 0 Å². The molecule has 1 rings (SSSR count). The van der Waals surface area contributed by atoms with Crippen molar-refractivity contribution >= 4 is 5.69 Å². The molecule has 0 saturated heterocycles. The molecule has 0 atom stereocenters. The van der Waals surface area contributed by atoms with E-state index in [0.717, 1.165) is 5.56 Å². The van der Waals surface area contributed by atoms with E-state index in [1.165, 1.54) is 6.07 Å². The number of rotatable bonds is 3. The molecule has 15 heavy (non-hydrogen) atoms. The summed E-state index contributed by atoms with van der Waals surface area (Å²) in [6, 6.07) is 5.03. The molecule has 0 fully saturated rings. The van der Waals surface area contributed by atoms with Gasteiger partial charge in [-0.05, 0) is 26.3 Å². The molecular formula is C11H15NO3. The number of aryl methyl sites for hydroxylation is 1. The molecule has 0 aliphatic heterocycles. The van der Waals surface area contributed by atoms with Crippen molar-refractivity contribution in [1.82, 2.24) is 0 Å². The number of hydrogen-bond donors (Lipinski definition) is 1. The number of nitro groups is 1. The average molecular weight is 209 g/mol. The van der Waals surface area contributed by atoms with Gasteiger partial charge in [-0.3, -0.25) is 10.1 Å². The zero-order chi connectivity index (χ0) is 11.6. The quantitative estimate of drug-likeness (QED) is 0.613. The van der Waals surface area contributed by atoms with Crippen LogP contribution in [0.3, 0.4) is 0 Å². The third kappa shape index (κ3) is 3.32. The van der Waals surface area contributed by atoms with E-state index in [1.807, 2.05) is 0 Å². The number of benzene rings is 1. The van der Waals surface area contributed by atoms with Gasteiger partial charge in [0.2, 0.25) is 0 Å². The molecule has 1 aromatic rings. The van der Waals surface area contributed by atoms with E-state index in [1.54, 1.807) is 32.9 Å². The van der Waals surface area contributed by atoms with Crippen LogP contribution in [0.2, 0.25) is 0 Å². The zero-order valence-corrected chi connectivity index (χ0v) is 9.15. The highest BCUT2D eigenvalue weighted by molar-refractivity contribution is 5.42. The molecule has 0 bridgehead atoms. The number of aliphatic hydroxyl groups is 1. The molecule has 0 radical (unpaired) electrons. The Morgan fingerprint density at radius 1 is 1.47 bits per heavy atom. The minimum atomic E-state index is -0.844. The van der Waals surface area contributed by atoms with Gasteiger partial charge in [0.25, 0.3) is 5.69 Å². The van der Waals surface area contributed by atoms with E-state index in [-0.39, 0.29) is 5.69 Å². The highest BCUT2D eigenvalue weighted by atomic mass is 16.6. The van der Waals surface area contributed by atoms with Crippen LogP contribution in [0, 0.1) is 17.0 Å². The topological polar surface area (TPSA) is 63.4 Å². The first-order valence-electron chi connectivity index (χ1n) is 4.76. The fraction of sp³-hybridized carbons (Fsp3) is 0.455. The Morgan fingerprint density at radius 3 is 2.53 bits per heavy atom. The summed E-state index contributed by atoms with van der Waals surface area (Å²) in [5.41, 5.74) is 0.680. The lowest BCUT2D eigenvalue weighted by atomic mass is 9.97. The maximum atomic E-state index is 10.7. The predicted molar refractivity (Wildman–Crippen MR) is 57.8 cm³/mol. The molecule has 0 amide bonds. The van der Waals surface area contributed by atoms with E-state index in [2.05, 4.69) is 0 Å². The summed E-state index contributed by atoms with van der Waals surface area (Å²) in [5.74, 6) is 0. The smallest absolute Gasteiger partial charge is 0.272 e. The summed E-state index contributed by atoms with van der Waals surface area (Å²) in [5, 5.41) is 20.3. The summed E-state index contributed by atoms with van der Waals surface area (Å²) in [7, 11) is 0. The molecule has 4 nitrogen and oxygen atoms in total. The van der Waals surface area contributed by atoms with Crippen LogP contribution >= 0.6 is 0 Å². The largest absolute Gasteiger partial charge is 0.390 e. The Kier molecular flexibility index (Phi) is 3.09. The van der Waals surface area contributed by atoms with Gasteiger partial charge in [-0.25, -0.2) is 0 Å². The average Bonchev–Trinajstić information content (AvgIpc) is 2.05. The summed E-state index contributed by atoms with van der Waals surface area (Å²) >= 11 is 0. The van der Waals surface area contributed by atoms with Crippen molar-refractivity contribution in [2.45, 2.75) is 32.8 Å². The summed E-state index contributed by atoms with van der Waals surface area (Å²) in [6.07, 6.45) is 0.411. The van der Waals surface area contributed by atoms with Crippen molar-refractivity contribution in [3.8, 4) is 0 Å². The third-order valence-corrected chi connectivity index (χ3v) is 2.11. The number of nitro benzene ring substituents is 1. The first kappa shape index (κ1) is 11.7. The Bertz CT molecular complexity index is 380. The van der Waals surface area contributed by atoms with Crippen LogP contribution in [0.4, 0.5) is 5.69 Å². The molecular weight excluding hydrogens is 194 g/mol. The van der Waals surface area contributed by atoms with E-state index in [9.17, 15) is 15.2 Å². The Balaban J connectivity index is 3.03. The first-order chi connectivity index (χ1) is 6.79. The van der Waals surface area contributed by atoms with Crippen LogP contribution in [0.5, 0.6) is 0 Å². The Hall–Kier alpha value is -1.42. The van der Waals surface area contributed by atoms with Gasteiger partial charge in [-0.15, -0.1) is 0 Å². The highest BCUT2D eigenvalue weighted by Crippen LogP contribution is 2.21. The SMILES string of the molecule is Cc1ccc(CC(C)(C)O)cc1[N+](=O)[O-].